The van der Waals surface area contributed by atoms with Gasteiger partial charge in [-0.3, -0.25) is 4.79 Å². The molecule has 18 heavy (non-hydrogen) atoms. The van der Waals surface area contributed by atoms with Crippen molar-refractivity contribution >= 4 is 11.9 Å². The number of carboxylic acid groups (broad SMARTS) is 1. The minimum atomic E-state index is -1.23. The third kappa shape index (κ3) is 3.28. The molecule has 1 aromatic rings. The number of methoxy groups -OCH3 is 1. The normalized spacial score (nSPS) is 18.2. The minimum absolute atomic E-state index is 0.0579. The van der Waals surface area contributed by atoms with Crippen LogP contribution >= 0.6 is 0 Å². The van der Waals surface area contributed by atoms with Gasteiger partial charge in [0.05, 0.1) is 0 Å². The summed E-state index contributed by atoms with van der Waals surface area (Å²) in [6.45, 7) is 1.20. The number of amides is 1. The molecular weight excluding hydrogens is 238 g/mol. The standard InChI is InChI=1S/C9H9NO2.C3H6O3/c1-12-9-7-5-3-2-4-6(7)8(11)10-9;1-2(4)3(5)6/h2-5,9H,1H3,(H,10,11);2,4H,1H3,(H,5,6)/t;2-/m.0/s1. The van der Waals surface area contributed by atoms with E-state index in [9.17, 15) is 9.59 Å². The molecule has 3 N–H and O–H groups in total. The molecule has 0 aliphatic carbocycles. The second-order valence-electron chi connectivity index (χ2n) is 3.69. The molecule has 0 spiro atoms. The highest BCUT2D eigenvalue weighted by Gasteiger charge is 2.27. The maximum absolute atomic E-state index is 11.2. The van der Waals surface area contributed by atoms with Gasteiger partial charge in [0.1, 0.15) is 6.10 Å². The van der Waals surface area contributed by atoms with Crippen molar-refractivity contribution in [2.45, 2.75) is 19.3 Å². The molecule has 1 amide bonds. The molecule has 0 saturated carbocycles. The number of carboxylic acids is 1. The lowest BCUT2D eigenvalue weighted by Crippen LogP contribution is -2.19. The second kappa shape index (κ2) is 6.13. The lowest BCUT2D eigenvalue weighted by molar-refractivity contribution is -0.145. The predicted octanol–water partition coefficient (Wildman–Crippen LogP) is 0.527. The number of hydrogen-bond acceptors (Lipinski definition) is 4. The predicted molar refractivity (Wildman–Crippen MR) is 63.0 cm³/mol. The van der Waals surface area contributed by atoms with Crippen molar-refractivity contribution in [2.24, 2.45) is 0 Å². The van der Waals surface area contributed by atoms with Gasteiger partial charge >= 0.3 is 5.97 Å². The fourth-order valence-corrected chi connectivity index (χ4v) is 1.39. The molecule has 6 nitrogen and oxygen atoms in total. The Bertz CT molecular complexity index is 444. The first-order valence-electron chi connectivity index (χ1n) is 5.30. The minimum Gasteiger partial charge on any atom is -0.479 e. The first-order valence-corrected chi connectivity index (χ1v) is 5.30. The zero-order chi connectivity index (χ0) is 13.7. The van der Waals surface area contributed by atoms with E-state index < -0.39 is 12.1 Å². The number of ether oxygens (including phenoxy) is 1. The Kier molecular flexibility index (Phi) is 4.82. The van der Waals surface area contributed by atoms with Crippen LogP contribution in [0.1, 0.15) is 29.1 Å². The van der Waals surface area contributed by atoms with Crippen molar-refractivity contribution in [3.8, 4) is 0 Å². The van der Waals surface area contributed by atoms with Crippen LogP contribution in [-0.2, 0) is 9.53 Å². The van der Waals surface area contributed by atoms with E-state index in [0.717, 1.165) is 5.56 Å². The van der Waals surface area contributed by atoms with E-state index in [0.29, 0.717) is 5.56 Å². The van der Waals surface area contributed by atoms with Crippen molar-refractivity contribution in [1.29, 1.82) is 0 Å². The molecular formula is C12H15NO5. The molecule has 1 aliphatic heterocycles. The van der Waals surface area contributed by atoms with Gasteiger partial charge in [0.15, 0.2) is 6.23 Å². The molecule has 6 heteroatoms. The fraction of sp³-hybridized carbons (Fsp3) is 0.333. The van der Waals surface area contributed by atoms with Crippen molar-refractivity contribution in [3.63, 3.8) is 0 Å². The third-order valence-corrected chi connectivity index (χ3v) is 2.34. The van der Waals surface area contributed by atoms with Gasteiger partial charge in [-0.1, -0.05) is 18.2 Å². The summed E-state index contributed by atoms with van der Waals surface area (Å²) in [6, 6.07) is 7.42. The molecule has 1 aliphatic rings. The lowest BCUT2D eigenvalue weighted by atomic mass is 10.1. The molecule has 98 valence electrons. The van der Waals surface area contributed by atoms with Crippen LogP contribution in [0.5, 0.6) is 0 Å². The smallest absolute Gasteiger partial charge is 0.332 e. The summed E-state index contributed by atoms with van der Waals surface area (Å²) >= 11 is 0. The van der Waals surface area contributed by atoms with Crippen LogP contribution in [0.25, 0.3) is 0 Å². The fourth-order valence-electron chi connectivity index (χ4n) is 1.39. The topological polar surface area (TPSA) is 95.9 Å². The van der Waals surface area contributed by atoms with Gasteiger partial charge in [-0.2, -0.15) is 0 Å². The van der Waals surface area contributed by atoms with Crippen molar-refractivity contribution in [2.75, 3.05) is 7.11 Å². The summed E-state index contributed by atoms with van der Waals surface area (Å²) in [4.78, 5) is 20.7. The van der Waals surface area contributed by atoms with Crippen LogP contribution in [-0.4, -0.2) is 35.3 Å². The highest BCUT2D eigenvalue weighted by Crippen LogP contribution is 2.24. The monoisotopic (exact) mass is 253 g/mol. The third-order valence-electron chi connectivity index (χ3n) is 2.34. The Morgan fingerprint density at radius 1 is 1.44 bits per heavy atom. The number of aliphatic carboxylic acids is 1. The first-order chi connectivity index (χ1) is 8.47. The number of carbonyl (C=O) groups excluding carboxylic acids is 1. The maximum Gasteiger partial charge on any atom is 0.332 e. The van der Waals surface area contributed by atoms with Crippen molar-refractivity contribution in [3.05, 3.63) is 35.4 Å². The van der Waals surface area contributed by atoms with E-state index in [1.165, 1.54) is 6.92 Å². The Morgan fingerprint density at radius 2 is 2.00 bits per heavy atom. The number of benzene rings is 1. The van der Waals surface area contributed by atoms with E-state index in [1.807, 2.05) is 18.2 Å². The van der Waals surface area contributed by atoms with E-state index in [4.69, 9.17) is 14.9 Å². The number of rotatable bonds is 2. The zero-order valence-electron chi connectivity index (χ0n) is 10.1. The Hall–Kier alpha value is -1.92. The summed E-state index contributed by atoms with van der Waals surface area (Å²) in [5, 5.41) is 18.5. The van der Waals surface area contributed by atoms with Gasteiger partial charge in [0.2, 0.25) is 0 Å². The SMILES string of the molecule is COC1NC(=O)c2ccccc21.C[C@H](O)C(=O)O. The maximum atomic E-state index is 11.2. The van der Waals surface area contributed by atoms with Crippen molar-refractivity contribution in [1.82, 2.24) is 5.32 Å². The van der Waals surface area contributed by atoms with E-state index in [1.54, 1.807) is 13.2 Å². The molecule has 2 rings (SSSR count). The number of hydrogen-bond donors (Lipinski definition) is 3. The van der Waals surface area contributed by atoms with Crippen LogP contribution in [0.3, 0.4) is 0 Å². The van der Waals surface area contributed by atoms with Gasteiger partial charge in [-0.25, -0.2) is 4.79 Å². The molecule has 2 atom stereocenters. The summed E-state index contributed by atoms with van der Waals surface area (Å²) < 4.78 is 5.08. The van der Waals surface area contributed by atoms with Gasteiger partial charge in [-0.15, -0.1) is 0 Å². The number of aliphatic hydroxyl groups excluding tert-OH is 1. The number of carbonyl (C=O) groups is 2. The van der Waals surface area contributed by atoms with Gasteiger partial charge in [0, 0.05) is 18.2 Å². The molecule has 0 bridgehead atoms. The Morgan fingerprint density at radius 3 is 2.50 bits per heavy atom. The largest absolute Gasteiger partial charge is 0.479 e. The average molecular weight is 253 g/mol. The highest BCUT2D eigenvalue weighted by atomic mass is 16.5. The highest BCUT2D eigenvalue weighted by molar-refractivity contribution is 5.98. The number of fused-ring (bicyclic) bond motifs is 1. The lowest BCUT2D eigenvalue weighted by Gasteiger charge is -2.07. The van der Waals surface area contributed by atoms with Gasteiger partial charge < -0.3 is 20.3 Å². The number of nitrogens with one attached hydrogen (secondary N) is 1. The van der Waals surface area contributed by atoms with Crippen LogP contribution in [0.15, 0.2) is 24.3 Å². The van der Waals surface area contributed by atoms with Crippen LogP contribution in [0, 0.1) is 0 Å². The molecule has 0 saturated heterocycles. The average Bonchev–Trinajstić information content (AvgIpc) is 2.67. The Balaban J connectivity index is 0.000000232. The van der Waals surface area contributed by atoms with Crippen LogP contribution in [0.2, 0.25) is 0 Å². The summed E-state index contributed by atoms with van der Waals surface area (Å²) in [6.07, 6.45) is -1.50. The molecule has 1 aromatic carbocycles. The van der Waals surface area contributed by atoms with Crippen molar-refractivity contribution < 1.29 is 24.5 Å². The van der Waals surface area contributed by atoms with Crippen LogP contribution in [0.4, 0.5) is 0 Å². The first kappa shape index (κ1) is 14.1. The van der Waals surface area contributed by atoms with E-state index in [2.05, 4.69) is 5.32 Å². The van der Waals surface area contributed by atoms with E-state index in [-0.39, 0.29) is 12.1 Å². The molecule has 0 radical (unpaired) electrons. The molecule has 0 aromatic heterocycles. The number of aliphatic hydroxyl groups is 1. The Labute approximate surface area is 104 Å². The van der Waals surface area contributed by atoms with E-state index >= 15 is 0 Å². The molecule has 0 fully saturated rings. The second-order valence-corrected chi connectivity index (χ2v) is 3.69. The van der Waals surface area contributed by atoms with Gasteiger partial charge in [0.25, 0.3) is 5.91 Å². The van der Waals surface area contributed by atoms with Gasteiger partial charge in [-0.05, 0) is 13.0 Å². The van der Waals surface area contributed by atoms with Crippen LogP contribution < -0.4 is 5.32 Å². The quantitative estimate of drug-likeness (QED) is 0.714. The molecule has 1 unspecified atom stereocenters. The summed E-state index contributed by atoms with van der Waals surface area (Å²) in [5.41, 5.74) is 1.63. The molecule has 1 heterocycles. The zero-order valence-corrected chi connectivity index (χ0v) is 10.1. The summed E-state index contributed by atoms with van der Waals surface area (Å²) in [7, 11) is 1.58. The summed E-state index contributed by atoms with van der Waals surface area (Å²) in [5.74, 6) is -1.24.